The molecule has 0 N–H and O–H groups in total. The minimum atomic E-state index is 0. The Kier molecular flexibility index (Phi) is 18.2. The molecule has 0 radical (unpaired) electrons. The first-order valence-electron chi connectivity index (χ1n) is 1.64. The molecule has 0 aliphatic rings. The van der Waals surface area contributed by atoms with Gasteiger partial charge in [0, 0.05) is 0 Å². The van der Waals surface area contributed by atoms with Crippen LogP contribution in [0.1, 0.15) is 0 Å². The average molecular weight is 190 g/mol. The van der Waals surface area contributed by atoms with Crippen LogP contribution < -0.4 is 0 Å². The molecule has 0 rings (SSSR count). The Morgan fingerprint density at radius 2 is 1.10 bits per heavy atom. The molecular weight excluding hydrogens is 186 g/mol. The second-order valence-corrected chi connectivity index (χ2v) is 1.82. The molecule has 10 heavy (non-hydrogen) atoms. The number of thiol groups is 2. The van der Waals surface area contributed by atoms with Crippen molar-refractivity contribution in [3.8, 4) is 12.1 Å². The zero-order valence-corrected chi connectivity index (χ0v) is 5.58. The second-order valence-electron chi connectivity index (χ2n) is 0.921. The third-order valence-electron chi connectivity index (χ3n) is 0.436. The summed E-state index contributed by atoms with van der Waals surface area (Å²) in [6.07, 6.45) is 0. The van der Waals surface area contributed by atoms with Gasteiger partial charge in [0.15, 0.2) is 0 Å². The van der Waals surface area contributed by atoms with E-state index < -0.39 is 0 Å². The van der Waals surface area contributed by atoms with Crippen LogP contribution in [0.4, 0.5) is 0 Å². The fourth-order valence-electron chi connectivity index (χ4n) is 0.106. The molecule has 0 aromatic rings. The topological polar surface area (TPSA) is 47.6 Å². The molecule has 0 bridgehead atoms. The third-order valence-corrected chi connectivity index (χ3v) is 1.26. The Morgan fingerprint density at radius 1 is 0.900 bits per heavy atom. The van der Waals surface area contributed by atoms with Crippen molar-refractivity contribution in [2.75, 3.05) is 0 Å². The summed E-state index contributed by atoms with van der Waals surface area (Å²) in [6.45, 7) is 0. The van der Waals surface area contributed by atoms with Gasteiger partial charge in [0.05, 0.1) is 0 Å². The second kappa shape index (κ2) is 10.4. The Morgan fingerprint density at radius 3 is 1.20 bits per heavy atom. The molecule has 44 valence electrons. The van der Waals surface area contributed by atoms with Crippen LogP contribution in [0.5, 0.6) is 0 Å². The van der Waals surface area contributed by atoms with Crippen LogP contribution in [-0.4, -0.2) is 59.1 Å². The number of nitriles is 2. The SMILES string of the molecule is N#C/C(S)=C(\S)C#N.[NaH].[NaH]. The fraction of sp³-hybridized carbons (Fsp3) is 0. The van der Waals surface area contributed by atoms with E-state index in [2.05, 4.69) is 25.3 Å². The molecule has 0 aromatic heterocycles. The van der Waals surface area contributed by atoms with Crippen LogP contribution in [0.2, 0.25) is 0 Å². The number of nitrogens with zero attached hydrogens (tertiary/aromatic N) is 2. The average Bonchev–Trinajstić information content (AvgIpc) is 1.84. The van der Waals surface area contributed by atoms with Gasteiger partial charge in [-0.15, -0.1) is 25.3 Å². The number of hydrogen-bond donors (Lipinski definition) is 2. The predicted octanol–water partition coefficient (Wildman–Crippen LogP) is -0.192. The van der Waals surface area contributed by atoms with E-state index in [1.54, 1.807) is 12.1 Å². The zero-order chi connectivity index (χ0) is 6.57. The molecule has 0 saturated heterocycles. The van der Waals surface area contributed by atoms with E-state index >= 15 is 0 Å². The van der Waals surface area contributed by atoms with Gasteiger partial charge < -0.3 is 0 Å². The van der Waals surface area contributed by atoms with Crippen molar-refractivity contribution >= 4 is 84.4 Å². The molecule has 0 spiro atoms. The third kappa shape index (κ3) is 7.53. The summed E-state index contributed by atoms with van der Waals surface area (Å²) >= 11 is 7.25. The quantitative estimate of drug-likeness (QED) is 0.316. The molecule has 0 aromatic carbocycles. The van der Waals surface area contributed by atoms with Crippen molar-refractivity contribution in [3.63, 3.8) is 0 Å². The number of allylic oxidation sites excluding steroid dienone is 2. The van der Waals surface area contributed by atoms with Crippen LogP contribution in [0, 0.1) is 22.7 Å². The number of hydrogen-bond acceptors (Lipinski definition) is 4. The summed E-state index contributed by atoms with van der Waals surface area (Å²) in [5, 5.41) is 16.1. The van der Waals surface area contributed by atoms with Crippen molar-refractivity contribution in [2.24, 2.45) is 0 Å². The maximum absolute atomic E-state index is 8.05. The Hall–Kier alpha value is 1.42. The van der Waals surface area contributed by atoms with Gasteiger partial charge >= 0.3 is 59.1 Å². The molecule has 2 nitrogen and oxygen atoms in total. The predicted molar refractivity (Wildman–Crippen MR) is 50.5 cm³/mol. The fourth-order valence-corrected chi connectivity index (χ4v) is 0.206. The summed E-state index contributed by atoms with van der Waals surface area (Å²) in [7, 11) is 0. The summed E-state index contributed by atoms with van der Waals surface area (Å²) in [5.74, 6) is 0. The molecule has 0 saturated carbocycles. The van der Waals surface area contributed by atoms with Crippen molar-refractivity contribution in [1.29, 1.82) is 10.5 Å². The van der Waals surface area contributed by atoms with Gasteiger partial charge in [0.1, 0.15) is 21.9 Å². The molecule has 0 heterocycles. The van der Waals surface area contributed by atoms with E-state index in [4.69, 9.17) is 10.5 Å². The van der Waals surface area contributed by atoms with Gasteiger partial charge in [-0.25, -0.2) is 0 Å². The summed E-state index contributed by atoms with van der Waals surface area (Å²) in [6, 6.07) is 3.32. The van der Waals surface area contributed by atoms with E-state index in [1.807, 2.05) is 0 Å². The monoisotopic (exact) mass is 190 g/mol. The normalized spacial score (nSPS) is 8.80. The summed E-state index contributed by atoms with van der Waals surface area (Å²) in [5.41, 5.74) is 0. The molecule has 6 heteroatoms. The Labute approximate surface area is 115 Å². The van der Waals surface area contributed by atoms with Gasteiger partial charge in [0.25, 0.3) is 0 Å². The minimum absolute atomic E-state index is 0. The van der Waals surface area contributed by atoms with Gasteiger partial charge in [-0.05, 0) is 0 Å². The maximum atomic E-state index is 8.05. The Bertz CT molecular complexity index is 178. The van der Waals surface area contributed by atoms with E-state index in [0.29, 0.717) is 0 Å². The summed E-state index contributed by atoms with van der Waals surface area (Å²) < 4.78 is 0. The van der Waals surface area contributed by atoms with Gasteiger partial charge in [-0.2, -0.15) is 10.5 Å². The standard InChI is InChI=1S/C4H2N2S2.2Na.2H/c5-1-3(7)4(8)2-6;;;;/h7-8H;;;;/b4-3+;;;;. The van der Waals surface area contributed by atoms with E-state index in [9.17, 15) is 0 Å². The molecule has 0 fully saturated rings. The number of rotatable bonds is 0. The molecule has 0 aliphatic carbocycles. The van der Waals surface area contributed by atoms with Gasteiger partial charge in [-0.1, -0.05) is 0 Å². The van der Waals surface area contributed by atoms with Gasteiger partial charge in [0.2, 0.25) is 0 Å². The first-order valence-corrected chi connectivity index (χ1v) is 2.54. The van der Waals surface area contributed by atoms with Gasteiger partial charge in [-0.3, -0.25) is 0 Å². The summed E-state index contributed by atoms with van der Waals surface area (Å²) in [4.78, 5) is 0.103. The molecule has 0 atom stereocenters. The van der Waals surface area contributed by atoms with E-state index in [1.165, 1.54) is 0 Å². The molecule has 0 unspecified atom stereocenters. The first kappa shape index (κ1) is 17.5. The van der Waals surface area contributed by atoms with Crippen LogP contribution in [0.25, 0.3) is 0 Å². The zero-order valence-electron chi connectivity index (χ0n) is 3.79. The van der Waals surface area contributed by atoms with Crippen LogP contribution in [-0.2, 0) is 0 Å². The van der Waals surface area contributed by atoms with E-state index in [0.717, 1.165) is 0 Å². The van der Waals surface area contributed by atoms with Crippen LogP contribution >= 0.6 is 25.3 Å². The van der Waals surface area contributed by atoms with Crippen LogP contribution in [0.15, 0.2) is 9.81 Å². The van der Waals surface area contributed by atoms with Crippen molar-refractivity contribution in [1.82, 2.24) is 0 Å². The molecular formula is C4H4N2Na2S2. The Balaban J connectivity index is -0.000000245. The van der Waals surface area contributed by atoms with Crippen molar-refractivity contribution in [2.45, 2.75) is 0 Å². The molecule has 0 amide bonds. The van der Waals surface area contributed by atoms with Crippen LogP contribution in [0.3, 0.4) is 0 Å². The molecule has 0 aliphatic heterocycles. The van der Waals surface area contributed by atoms with Crippen molar-refractivity contribution < 1.29 is 0 Å². The van der Waals surface area contributed by atoms with Crippen molar-refractivity contribution in [3.05, 3.63) is 9.81 Å². The first-order chi connectivity index (χ1) is 3.72. The van der Waals surface area contributed by atoms with E-state index in [-0.39, 0.29) is 68.9 Å².